The van der Waals surface area contributed by atoms with Crippen LogP contribution in [-0.2, 0) is 0 Å². The number of rotatable bonds is 3. The lowest BCUT2D eigenvalue weighted by Crippen LogP contribution is -2.31. The van der Waals surface area contributed by atoms with Gasteiger partial charge in [0.1, 0.15) is 5.82 Å². The van der Waals surface area contributed by atoms with Gasteiger partial charge in [-0.3, -0.25) is 0 Å². The van der Waals surface area contributed by atoms with Crippen LogP contribution in [0.1, 0.15) is 18.5 Å². The second kappa shape index (κ2) is 5.52. The number of carbonyl (C=O) groups is 1. The van der Waals surface area contributed by atoms with Crippen molar-refractivity contribution in [3.8, 4) is 11.1 Å². The van der Waals surface area contributed by atoms with Gasteiger partial charge in [-0.15, -0.1) is 0 Å². The topological polar surface area (TPSA) is 55.1 Å². The highest BCUT2D eigenvalue weighted by atomic mass is 19.1. The lowest BCUT2D eigenvalue weighted by Gasteiger charge is -2.13. The summed E-state index contributed by atoms with van der Waals surface area (Å²) >= 11 is 0. The Balaban J connectivity index is 2.30. The van der Waals surface area contributed by atoms with Gasteiger partial charge in [0.2, 0.25) is 0 Å². The first-order chi connectivity index (χ1) is 9.08. The minimum Gasteiger partial charge on any atom is -0.352 e. The molecule has 0 heterocycles. The second-order valence-corrected chi connectivity index (χ2v) is 4.34. The quantitative estimate of drug-likeness (QED) is 0.872. The van der Waals surface area contributed by atoms with Crippen LogP contribution in [0.15, 0.2) is 48.5 Å². The van der Waals surface area contributed by atoms with Crippen molar-refractivity contribution in [2.45, 2.75) is 13.0 Å². The summed E-state index contributed by atoms with van der Waals surface area (Å²) in [6, 6.07) is 13.3. The maximum atomic E-state index is 14.1. The third-order valence-electron chi connectivity index (χ3n) is 2.94. The average Bonchev–Trinajstić information content (AvgIpc) is 2.38. The molecule has 4 heteroatoms. The fourth-order valence-corrected chi connectivity index (χ4v) is 1.95. The molecule has 98 valence electrons. The van der Waals surface area contributed by atoms with Gasteiger partial charge >= 0.3 is 6.03 Å². The molecule has 0 saturated carbocycles. The van der Waals surface area contributed by atoms with E-state index in [1.807, 2.05) is 30.3 Å². The highest BCUT2D eigenvalue weighted by Crippen LogP contribution is 2.25. The van der Waals surface area contributed by atoms with Crippen LogP contribution in [-0.4, -0.2) is 6.03 Å². The Morgan fingerprint density at radius 1 is 1.21 bits per heavy atom. The minimum absolute atomic E-state index is 0.318. The number of hydrogen-bond acceptors (Lipinski definition) is 1. The fraction of sp³-hybridized carbons (Fsp3) is 0.133. The second-order valence-electron chi connectivity index (χ2n) is 4.34. The summed E-state index contributed by atoms with van der Waals surface area (Å²) < 4.78 is 14.1. The van der Waals surface area contributed by atoms with Crippen LogP contribution in [0.3, 0.4) is 0 Å². The number of halogens is 1. The van der Waals surface area contributed by atoms with E-state index in [9.17, 15) is 9.18 Å². The van der Waals surface area contributed by atoms with Gasteiger partial charge in [-0.05, 0) is 24.1 Å². The summed E-state index contributed by atoms with van der Waals surface area (Å²) in [7, 11) is 0. The number of nitrogens with two attached hydrogens (primary N) is 1. The third-order valence-corrected chi connectivity index (χ3v) is 2.94. The fourth-order valence-electron chi connectivity index (χ4n) is 1.95. The van der Waals surface area contributed by atoms with Crippen molar-refractivity contribution in [3.05, 3.63) is 59.9 Å². The first kappa shape index (κ1) is 13.1. The van der Waals surface area contributed by atoms with Crippen molar-refractivity contribution in [2.75, 3.05) is 0 Å². The lowest BCUT2D eigenvalue weighted by atomic mass is 10.0. The number of nitrogens with one attached hydrogen (secondary N) is 1. The summed E-state index contributed by atoms with van der Waals surface area (Å²) in [6.07, 6.45) is 0. The molecule has 19 heavy (non-hydrogen) atoms. The van der Waals surface area contributed by atoms with Crippen molar-refractivity contribution in [1.29, 1.82) is 0 Å². The van der Waals surface area contributed by atoms with Gasteiger partial charge in [0.25, 0.3) is 0 Å². The Kier molecular flexibility index (Phi) is 3.80. The number of benzene rings is 2. The van der Waals surface area contributed by atoms with Crippen molar-refractivity contribution in [1.82, 2.24) is 5.32 Å². The standard InChI is InChI=1S/C15H15FN2O/c1-10(18-15(17)19)12-7-8-13(14(16)9-12)11-5-3-2-4-6-11/h2-10H,1H3,(H3,17,18,19). The van der Waals surface area contributed by atoms with Gasteiger partial charge in [-0.25, -0.2) is 9.18 Å². The van der Waals surface area contributed by atoms with E-state index in [1.54, 1.807) is 19.1 Å². The van der Waals surface area contributed by atoms with E-state index in [4.69, 9.17) is 5.73 Å². The molecule has 0 spiro atoms. The van der Waals surface area contributed by atoms with Crippen LogP contribution in [0, 0.1) is 5.82 Å². The van der Waals surface area contributed by atoms with Gasteiger partial charge < -0.3 is 11.1 Å². The number of amides is 2. The molecule has 1 unspecified atom stereocenters. The molecular formula is C15H15FN2O. The number of hydrogen-bond donors (Lipinski definition) is 2. The summed E-state index contributed by atoms with van der Waals surface area (Å²) in [6.45, 7) is 1.75. The monoisotopic (exact) mass is 258 g/mol. The van der Waals surface area contributed by atoms with Crippen LogP contribution >= 0.6 is 0 Å². The van der Waals surface area contributed by atoms with Crippen LogP contribution in [0.4, 0.5) is 9.18 Å². The SMILES string of the molecule is CC(NC(N)=O)c1ccc(-c2ccccc2)c(F)c1. The predicted octanol–water partition coefficient (Wildman–Crippen LogP) is 3.22. The van der Waals surface area contributed by atoms with Crippen molar-refractivity contribution in [2.24, 2.45) is 5.73 Å². The number of urea groups is 1. The zero-order chi connectivity index (χ0) is 13.8. The van der Waals surface area contributed by atoms with Crippen LogP contribution in [0.5, 0.6) is 0 Å². The molecule has 1 atom stereocenters. The van der Waals surface area contributed by atoms with Crippen LogP contribution in [0.25, 0.3) is 11.1 Å². The first-order valence-corrected chi connectivity index (χ1v) is 5.99. The number of primary amides is 1. The molecule has 0 radical (unpaired) electrons. The number of carbonyl (C=O) groups excluding carboxylic acids is 1. The molecule has 3 nitrogen and oxygen atoms in total. The molecule has 3 N–H and O–H groups in total. The summed E-state index contributed by atoms with van der Waals surface area (Å²) in [5, 5.41) is 2.52. The molecule has 0 aliphatic rings. The molecular weight excluding hydrogens is 243 g/mol. The van der Waals surface area contributed by atoms with Gasteiger partial charge in [0.15, 0.2) is 0 Å². The van der Waals surface area contributed by atoms with Crippen LogP contribution in [0.2, 0.25) is 0 Å². The molecule has 0 aromatic heterocycles. The predicted molar refractivity (Wildman–Crippen MR) is 73.0 cm³/mol. The maximum absolute atomic E-state index is 14.1. The zero-order valence-corrected chi connectivity index (χ0v) is 10.6. The Labute approximate surface area is 111 Å². The Morgan fingerprint density at radius 3 is 2.47 bits per heavy atom. The first-order valence-electron chi connectivity index (χ1n) is 5.99. The lowest BCUT2D eigenvalue weighted by molar-refractivity contribution is 0.246. The van der Waals surface area contributed by atoms with Crippen molar-refractivity contribution >= 4 is 6.03 Å². The maximum Gasteiger partial charge on any atom is 0.312 e. The highest BCUT2D eigenvalue weighted by Gasteiger charge is 2.11. The van der Waals surface area contributed by atoms with Gasteiger partial charge in [0, 0.05) is 5.56 Å². The molecule has 0 aliphatic heterocycles. The molecule has 0 fully saturated rings. The molecule has 0 bridgehead atoms. The van der Waals surface area contributed by atoms with E-state index < -0.39 is 6.03 Å². The molecule has 0 aliphatic carbocycles. The Morgan fingerprint density at radius 2 is 1.89 bits per heavy atom. The molecule has 2 amide bonds. The highest BCUT2D eigenvalue weighted by molar-refractivity contribution is 5.72. The van der Waals surface area contributed by atoms with Crippen molar-refractivity contribution < 1.29 is 9.18 Å². The molecule has 0 saturated heterocycles. The summed E-state index contributed by atoms with van der Waals surface area (Å²) in [5.74, 6) is -0.318. The normalized spacial score (nSPS) is 11.9. The smallest absolute Gasteiger partial charge is 0.312 e. The summed E-state index contributed by atoms with van der Waals surface area (Å²) in [4.78, 5) is 10.8. The van der Waals surface area contributed by atoms with Crippen LogP contribution < -0.4 is 11.1 Å². The Bertz CT molecular complexity index is 584. The van der Waals surface area contributed by atoms with E-state index in [0.717, 1.165) is 5.56 Å². The zero-order valence-electron chi connectivity index (χ0n) is 10.6. The third kappa shape index (κ3) is 3.10. The van der Waals surface area contributed by atoms with Gasteiger partial charge in [-0.2, -0.15) is 0 Å². The molecule has 2 rings (SSSR count). The van der Waals surface area contributed by atoms with E-state index >= 15 is 0 Å². The average molecular weight is 258 g/mol. The summed E-state index contributed by atoms with van der Waals surface area (Å²) in [5.41, 5.74) is 7.08. The largest absolute Gasteiger partial charge is 0.352 e. The van der Waals surface area contributed by atoms with Crippen molar-refractivity contribution in [3.63, 3.8) is 0 Å². The van der Waals surface area contributed by atoms with Gasteiger partial charge in [0.05, 0.1) is 6.04 Å². The van der Waals surface area contributed by atoms with E-state index in [1.165, 1.54) is 6.07 Å². The molecule has 2 aromatic rings. The Hall–Kier alpha value is -2.36. The minimum atomic E-state index is -0.625. The van der Waals surface area contributed by atoms with E-state index in [-0.39, 0.29) is 11.9 Å². The van der Waals surface area contributed by atoms with Gasteiger partial charge in [-0.1, -0.05) is 42.5 Å². The van der Waals surface area contributed by atoms with E-state index in [0.29, 0.717) is 11.1 Å². The molecule has 2 aromatic carbocycles. The van der Waals surface area contributed by atoms with E-state index in [2.05, 4.69) is 5.32 Å².